The maximum atomic E-state index is 13.5. The number of allylic oxidation sites excluding steroid dienone is 3. The van der Waals surface area contributed by atoms with Gasteiger partial charge in [0, 0.05) is 49.5 Å². The highest BCUT2D eigenvalue weighted by atomic mass is 19.4. The maximum absolute atomic E-state index is 13.5. The number of fused-ring (bicyclic) bond motifs is 1. The minimum atomic E-state index is -4.78. The van der Waals surface area contributed by atoms with Gasteiger partial charge < -0.3 is 14.5 Å². The van der Waals surface area contributed by atoms with Crippen molar-refractivity contribution in [1.29, 1.82) is 0 Å². The Morgan fingerprint density at radius 1 is 1.27 bits per heavy atom. The highest BCUT2D eigenvalue weighted by molar-refractivity contribution is 5.99. The first kappa shape index (κ1) is 26.2. The summed E-state index contributed by atoms with van der Waals surface area (Å²) in [4.78, 5) is 23.4. The highest BCUT2D eigenvalue weighted by Gasteiger charge is 2.35. The van der Waals surface area contributed by atoms with Gasteiger partial charge in [-0.3, -0.25) is 9.69 Å². The maximum Gasteiger partial charge on any atom is 0.417 e. The third-order valence-electron chi connectivity index (χ3n) is 5.67. The molecule has 0 atom stereocenters. The van der Waals surface area contributed by atoms with Gasteiger partial charge in [-0.1, -0.05) is 18.7 Å². The van der Waals surface area contributed by atoms with Crippen molar-refractivity contribution in [3.8, 4) is 11.3 Å². The van der Waals surface area contributed by atoms with E-state index in [9.17, 15) is 22.4 Å². The number of morpholine rings is 1. The molecule has 0 saturated carbocycles. The van der Waals surface area contributed by atoms with Crippen LogP contribution in [0.1, 0.15) is 23.0 Å². The van der Waals surface area contributed by atoms with Crippen molar-refractivity contribution in [3.63, 3.8) is 0 Å². The van der Waals surface area contributed by atoms with Gasteiger partial charge in [0.25, 0.3) is 5.91 Å². The molecule has 11 heteroatoms. The van der Waals surface area contributed by atoms with E-state index in [0.29, 0.717) is 25.0 Å². The molecule has 1 amide bonds. The van der Waals surface area contributed by atoms with Gasteiger partial charge >= 0.3 is 6.18 Å². The molecular formula is C26H25F4N5O2. The first-order chi connectivity index (χ1) is 17.6. The molecule has 37 heavy (non-hydrogen) atoms. The third-order valence-corrected chi connectivity index (χ3v) is 5.67. The van der Waals surface area contributed by atoms with Gasteiger partial charge in [-0.2, -0.15) is 13.2 Å². The normalized spacial score (nSPS) is 15.4. The number of carbonyl (C=O) groups is 1. The van der Waals surface area contributed by atoms with E-state index < -0.39 is 23.5 Å². The van der Waals surface area contributed by atoms with Crippen molar-refractivity contribution in [3.05, 3.63) is 89.9 Å². The summed E-state index contributed by atoms with van der Waals surface area (Å²) in [5.41, 5.74) is -0.101. The van der Waals surface area contributed by atoms with Crippen LogP contribution < -0.4 is 5.32 Å². The number of imidazole rings is 1. The molecule has 4 rings (SSSR count). The highest BCUT2D eigenvalue weighted by Crippen LogP contribution is 2.37. The van der Waals surface area contributed by atoms with E-state index in [1.165, 1.54) is 23.0 Å². The summed E-state index contributed by atoms with van der Waals surface area (Å²) in [6, 6.07) is 2.36. The molecule has 7 nitrogen and oxygen atoms in total. The number of benzene rings is 1. The van der Waals surface area contributed by atoms with Crippen LogP contribution in [0, 0.1) is 5.82 Å². The van der Waals surface area contributed by atoms with Crippen molar-refractivity contribution < 1.29 is 27.1 Å². The standard InChI is InChI=1S/C26H25F4N5O2/c1-17(15-34-10-12-37-13-11-34)4-3-5-18(2)32-25(36)23-24-33-22(16-35(24)9-8-31-23)20-7-6-19(27)14-21(20)26(28,29)30/h3-9,14,16H,1,10-13,15H2,2H3,(H,32,36)/b4-3-,18-5+. The Labute approximate surface area is 210 Å². The van der Waals surface area contributed by atoms with Crippen LogP contribution in [0.4, 0.5) is 17.6 Å². The number of alkyl halides is 3. The lowest BCUT2D eigenvalue weighted by Crippen LogP contribution is -2.37. The van der Waals surface area contributed by atoms with Crippen LogP contribution in [-0.2, 0) is 10.9 Å². The molecule has 1 aromatic carbocycles. The number of ether oxygens (including phenoxy) is 1. The topological polar surface area (TPSA) is 71.8 Å². The fourth-order valence-electron chi connectivity index (χ4n) is 3.89. The van der Waals surface area contributed by atoms with E-state index in [1.807, 2.05) is 6.08 Å². The van der Waals surface area contributed by atoms with Crippen molar-refractivity contribution in [2.45, 2.75) is 13.1 Å². The Hall–Kier alpha value is -3.83. The smallest absolute Gasteiger partial charge is 0.379 e. The molecule has 194 valence electrons. The summed E-state index contributed by atoms with van der Waals surface area (Å²) < 4.78 is 60.7. The SMILES string of the molecule is C=C(/C=C\C=C(/C)NC(=O)c1nccn2cc(-c3ccc(F)cc3C(F)(F)F)nc12)CN1CCOCC1. The summed E-state index contributed by atoms with van der Waals surface area (Å²) in [5, 5.41) is 2.70. The molecule has 1 aliphatic heterocycles. The number of hydrogen-bond acceptors (Lipinski definition) is 5. The molecular weight excluding hydrogens is 490 g/mol. The second-order valence-electron chi connectivity index (χ2n) is 8.53. The van der Waals surface area contributed by atoms with E-state index in [4.69, 9.17) is 4.74 Å². The second-order valence-corrected chi connectivity index (χ2v) is 8.53. The zero-order chi connectivity index (χ0) is 26.6. The van der Waals surface area contributed by atoms with E-state index in [2.05, 4.69) is 26.8 Å². The first-order valence-electron chi connectivity index (χ1n) is 11.5. The van der Waals surface area contributed by atoms with Crippen LogP contribution in [0.5, 0.6) is 0 Å². The fourth-order valence-corrected chi connectivity index (χ4v) is 3.89. The Balaban J connectivity index is 1.50. The van der Waals surface area contributed by atoms with Gasteiger partial charge in [0.1, 0.15) is 5.82 Å². The monoisotopic (exact) mass is 515 g/mol. The number of amides is 1. The van der Waals surface area contributed by atoms with Gasteiger partial charge in [0.15, 0.2) is 11.3 Å². The van der Waals surface area contributed by atoms with Crippen LogP contribution in [0.2, 0.25) is 0 Å². The fraction of sp³-hybridized carbons (Fsp3) is 0.269. The predicted molar refractivity (Wildman–Crippen MR) is 130 cm³/mol. The number of halogens is 4. The van der Waals surface area contributed by atoms with Crippen LogP contribution >= 0.6 is 0 Å². The average Bonchev–Trinajstić information content (AvgIpc) is 3.28. The molecule has 2 aromatic heterocycles. The number of aromatic nitrogens is 3. The van der Waals surface area contributed by atoms with Gasteiger partial charge in [0.2, 0.25) is 0 Å². The van der Waals surface area contributed by atoms with Crippen molar-refractivity contribution in [1.82, 2.24) is 24.6 Å². The van der Waals surface area contributed by atoms with Crippen LogP contribution in [0.15, 0.2) is 72.9 Å². The first-order valence-corrected chi connectivity index (χ1v) is 11.5. The van der Waals surface area contributed by atoms with Gasteiger partial charge in [-0.15, -0.1) is 0 Å². The molecule has 3 aromatic rings. The van der Waals surface area contributed by atoms with Gasteiger partial charge in [-0.25, -0.2) is 14.4 Å². The molecule has 1 saturated heterocycles. The Morgan fingerprint density at radius 2 is 2.03 bits per heavy atom. The Kier molecular flexibility index (Phi) is 7.84. The minimum absolute atomic E-state index is 0.0645. The zero-order valence-electron chi connectivity index (χ0n) is 20.1. The van der Waals surface area contributed by atoms with E-state index in [1.54, 1.807) is 19.1 Å². The lowest BCUT2D eigenvalue weighted by atomic mass is 10.0. The summed E-state index contributed by atoms with van der Waals surface area (Å²) in [6.07, 6.45) is 4.69. The van der Waals surface area contributed by atoms with Crippen molar-refractivity contribution >= 4 is 11.6 Å². The summed E-state index contributed by atoms with van der Waals surface area (Å²) >= 11 is 0. The molecule has 0 unspecified atom stereocenters. The summed E-state index contributed by atoms with van der Waals surface area (Å²) in [5.74, 6) is -1.59. The Morgan fingerprint density at radius 3 is 2.76 bits per heavy atom. The molecule has 1 aliphatic rings. The number of nitrogens with zero attached hydrogens (tertiary/aromatic N) is 4. The quantitative estimate of drug-likeness (QED) is 0.367. The lowest BCUT2D eigenvalue weighted by molar-refractivity contribution is -0.137. The van der Waals surface area contributed by atoms with Gasteiger partial charge in [-0.05, 0) is 36.8 Å². The predicted octanol–water partition coefficient (Wildman–Crippen LogP) is 4.63. The average molecular weight is 516 g/mol. The Bertz CT molecular complexity index is 1370. The van der Waals surface area contributed by atoms with Crippen LogP contribution in [-0.4, -0.2) is 58.0 Å². The lowest BCUT2D eigenvalue weighted by Gasteiger charge is -2.26. The molecule has 1 fully saturated rings. The van der Waals surface area contributed by atoms with Crippen molar-refractivity contribution in [2.75, 3.05) is 32.8 Å². The summed E-state index contributed by atoms with van der Waals surface area (Å²) in [7, 11) is 0. The van der Waals surface area contributed by atoms with Crippen LogP contribution in [0.25, 0.3) is 16.9 Å². The molecule has 3 heterocycles. The number of rotatable bonds is 7. The van der Waals surface area contributed by atoms with Crippen molar-refractivity contribution in [2.24, 2.45) is 0 Å². The zero-order valence-corrected chi connectivity index (χ0v) is 20.1. The minimum Gasteiger partial charge on any atom is -0.379 e. The van der Waals surface area contributed by atoms with Crippen LogP contribution in [0.3, 0.4) is 0 Å². The molecule has 0 bridgehead atoms. The second kappa shape index (κ2) is 11.1. The molecule has 0 aliphatic carbocycles. The molecule has 1 N–H and O–H groups in total. The number of carbonyl (C=O) groups excluding carboxylic acids is 1. The number of nitrogens with one attached hydrogen (secondary N) is 1. The van der Waals surface area contributed by atoms with E-state index in [-0.39, 0.29) is 22.6 Å². The van der Waals surface area contributed by atoms with E-state index in [0.717, 1.165) is 37.3 Å². The van der Waals surface area contributed by atoms with E-state index >= 15 is 0 Å². The molecule has 0 spiro atoms. The largest absolute Gasteiger partial charge is 0.417 e. The van der Waals surface area contributed by atoms with Gasteiger partial charge in [0.05, 0.1) is 24.5 Å². The third kappa shape index (κ3) is 6.49. The molecule has 0 radical (unpaired) electrons. The number of hydrogen-bond donors (Lipinski definition) is 1. The summed E-state index contributed by atoms with van der Waals surface area (Å²) in [6.45, 7) is 9.56.